The average molecular weight is 548 g/mol. The van der Waals surface area contributed by atoms with Crippen molar-refractivity contribution in [3.63, 3.8) is 0 Å². The van der Waals surface area contributed by atoms with Gasteiger partial charge in [-0.1, -0.05) is 29.8 Å². The molecule has 8 nitrogen and oxygen atoms in total. The van der Waals surface area contributed by atoms with Crippen LogP contribution in [0.3, 0.4) is 0 Å². The number of hydrogen-bond donors (Lipinski definition) is 2. The van der Waals surface area contributed by atoms with Crippen molar-refractivity contribution in [2.24, 2.45) is 0 Å². The van der Waals surface area contributed by atoms with E-state index >= 15 is 0 Å². The first-order valence-electron chi connectivity index (χ1n) is 11.6. The van der Waals surface area contributed by atoms with Crippen molar-refractivity contribution in [3.8, 4) is 11.5 Å². The Bertz CT molecular complexity index is 1370. The van der Waals surface area contributed by atoms with Gasteiger partial charge < -0.3 is 24.8 Å². The van der Waals surface area contributed by atoms with Crippen molar-refractivity contribution in [1.29, 1.82) is 0 Å². The number of carbonyl (C=O) groups excluding carboxylic acids is 1. The lowest BCUT2D eigenvalue weighted by molar-refractivity contribution is -0.274. The molecule has 0 atom stereocenters. The molecule has 1 aliphatic heterocycles. The molecule has 2 N–H and O–H groups in total. The number of alkyl halides is 3. The Balaban J connectivity index is 1.25. The van der Waals surface area contributed by atoms with Crippen molar-refractivity contribution in [3.05, 3.63) is 82.5 Å². The van der Waals surface area contributed by atoms with Gasteiger partial charge in [0.05, 0.1) is 34.8 Å². The van der Waals surface area contributed by atoms with E-state index in [9.17, 15) is 22.8 Å². The number of anilines is 1. The minimum Gasteiger partial charge on any atom is -0.487 e. The molecule has 3 aromatic rings. The van der Waals surface area contributed by atoms with E-state index < -0.39 is 17.9 Å². The van der Waals surface area contributed by atoms with Crippen LogP contribution in [-0.2, 0) is 5.54 Å². The maximum Gasteiger partial charge on any atom is 0.573 e. The molecule has 1 saturated carbocycles. The number of aromatic nitrogens is 1. The molecule has 1 amide bonds. The van der Waals surface area contributed by atoms with Crippen molar-refractivity contribution in [1.82, 2.24) is 10.3 Å². The molecule has 38 heavy (non-hydrogen) atoms. The highest BCUT2D eigenvalue weighted by molar-refractivity contribution is 6.31. The van der Waals surface area contributed by atoms with E-state index in [4.69, 9.17) is 21.4 Å². The summed E-state index contributed by atoms with van der Waals surface area (Å²) in [6, 6.07) is 13.2. The number of carboxylic acid groups (broad SMARTS) is 1. The molecular weight excluding hydrogens is 527 g/mol. The van der Waals surface area contributed by atoms with Gasteiger partial charge in [-0.25, -0.2) is 9.78 Å². The standard InChI is InChI=1S/C26H21ClF3N3O5/c27-17-10-21(23(34)32-25(8-9-25)16-6-4-15(5-7-16)24(35)36)22(31-12-17)33-13-20(14-33)37-18-2-1-3-19(11-18)38-26(28,29)30/h1-7,10-12,20H,8-9,13-14H2,(H,32,34)(H,35,36). The van der Waals surface area contributed by atoms with E-state index in [-0.39, 0.29) is 39.7 Å². The zero-order chi connectivity index (χ0) is 27.1. The van der Waals surface area contributed by atoms with Crippen LogP contribution in [0, 0.1) is 0 Å². The zero-order valence-electron chi connectivity index (χ0n) is 19.7. The van der Waals surface area contributed by atoms with Gasteiger partial charge in [0.25, 0.3) is 5.91 Å². The molecule has 0 bridgehead atoms. The fourth-order valence-electron chi connectivity index (χ4n) is 4.30. The third-order valence-electron chi connectivity index (χ3n) is 6.35. The second kappa shape index (κ2) is 9.71. The number of hydrogen-bond acceptors (Lipinski definition) is 6. The lowest BCUT2D eigenvalue weighted by atomic mass is 10.0. The average Bonchev–Trinajstić information content (AvgIpc) is 3.61. The van der Waals surface area contributed by atoms with Crippen LogP contribution in [0.25, 0.3) is 0 Å². The molecule has 5 rings (SSSR count). The van der Waals surface area contributed by atoms with Gasteiger partial charge in [0.1, 0.15) is 23.4 Å². The molecule has 2 aromatic carbocycles. The van der Waals surface area contributed by atoms with Gasteiger partial charge in [0.15, 0.2) is 0 Å². The maximum atomic E-state index is 13.3. The van der Waals surface area contributed by atoms with E-state index in [1.807, 2.05) is 4.90 Å². The van der Waals surface area contributed by atoms with Crippen molar-refractivity contribution >= 4 is 29.3 Å². The summed E-state index contributed by atoms with van der Waals surface area (Å²) >= 11 is 6.14. The van der Waals surface area contributed by atoms with Crippen LogP contribution in [0.4, 0.5) is 19.0 Å². The fourth-order valence-corrected chi connectivity index (χ4v) is 4.46. The number of amides is 1. The maximum absolute atomic E-state index is 13.3. The van der Waals surface area contributed by atoms with Gasteiger partial charge in [-0.15, -0.1) is 13.2 Å². The van der Waals surface area contributed by atoms with Gasteiger partial charge in [-0.05, 0) is 48.7 Å². The van der Waals surface area contributed by atoms with Gasteiger partial charge >= 0.3 is 12.3 Å². The summed E-state index contributed by atoms with van der Waals surface area (Å²) in [5.74, 6) is -1.16. The molecule has 0 spiro atoms. The predicted molar refractivity (Wildman–Crippen MR) is 131 cm³/mol. The fraction of sp³-hybridized carbons (Fsp3) is 0.269. The molecule has 0 radical (unpaired) electrons. The molecule has 0 unspecified atom stereocenters. The summed E-state index contributed by atoms with van der Waals surface area (Å²) in [4.78, 5) is 30.6. The number of nitrogens with zero attached hydrogens (tertiary/aromatic N) is 2. The van der Waals surface area contributed by atoms with E-state index in [2.05, 4.69) is 15.0 Å². The Morgan fingerprint density at radius 1 is 1.08 bits per heavy atom. The first-order chi connectivity index (χ1) is 18.0. The van der Waals surface area contributed by atoms with E-state index in [0.717, 1.165) is 11.6 Å². The number of ether oxygens (including phenoxy) is 2. The van der Waals surface area contributed by atoms with Gasteiger partial charge in [-0.2, -0.15) is 0 Å². The highest BCUT2D eigenvalue weighted by atomic mass is 35.5. The summed E-state index contributed by atoms with van der Waals surface area (Å²) < 4.78 is 47.2. The van der Waals surface area contributed by atoms with E-state index in [0.29, 0.717) is 31.7 Å². The number of halogens is 4. The quantitative estimate of drug-likeness (QED) is 0.408. The predicted octanol–water partition coefficient (Wildman–Crippen LogP) is 5.02. The highest BCUT2D eigenvalue weighted by Gasteiger charge is 2.46. The minimum atomic E-state index is -4.80. The van der Waals surface area contributed by atoms with Crippen LogP contribution in [0.5, 0.6) is 11.5 Å². The van der Waals surface area contributed by atoms with Gasteiger partial charge in [0.2, 0.25) is 0 Å². The number of benzene rings is 2. The van der Waals surface area contributed by atoms with E-state index in [1.165, 1.54) is 42.6 Å². The topological polar surface area (TPSA) is 101 Å². The molecular formula is C26H21ClF3N3O5. The second-order valence-corrected chi connectivity index (χ2v) is 9.55. The monoisotopic (exact) mass is 547 g/mol. The first kappa shape index (κ1) is 25.7. The smallest absolute Gasteiger partial charge is 0.487 e. The number of rotatable bonds is 8. The molecule has 2 heterocycles. The van der Waals surface area contributed by atoms with Gasteiger partial charge in [0, 0.05) is 12.3 Å². The summed E-state index contributed by atoms with van der Waals surface area (Å²) in [5.41, 5.74) is 0.635. The third-order valence-corrected chi connectivity index (χ3v) is 6.56. The first-order valence-corrected chi connectivity index (χ1v) is 12.0. The van der Waals surface area contributed by atoms with Crippen LogP contribution in [-0.4, -0.2) is 47.5 Å². The van der Waals surface area contributed by atoms with Crippen LogP contribution >= 0.6 is 11.6 Å². The van der Waals surface area contributed by atoms with Crippen molar-refractivity contribution < 1.29 is 37.3 Å². The van der Waals surface area contributed by atoms with E-state index in [1.54, 1.807) is 12.1 Å². The molecule has 1 aliphatic carbocycles. The third kappa shape index (κ3) is 5.62. The lowest BCUT2D eigenvalue weighted by Crippen LogP contribution is -2.55. The van der Waals surface area contributed by atoms with Crippen LogP contribution < -0.4 is 19.7 Å². The number of carbonyl (C=O) groups is 2. The van der Waals surface area contributed by atoms with Crippen molar-refractivity contribution in [2.75, 3.05) is 18.0 Å². The molecule has 1 aromatic heterocycles. The number of pyridine rings is 1. The van der Waals surface area contributed by atoms with Crippen molar-refractivity contribution in [2.45, 2.75) is 30.8 Å². The highest BCUT2D eigenvalue weighted by Crippen LogP contribution is 2.46. The molecule has 1 saturated heterocycles. The van der Waals surface area contributed by atoms with Crippen LogP contribution in [0.2, 0.25) is 5.02 Å². The Morgan fingerprint density at radius 2 is 1.76 bits per heavy atom. The lowest BCUT2D eigenvalue weighted by Gasteiger charge is -2.40. The van der Waals surface area contributed by atoms with Gasteiger partial charge in [-0.3, -0.25) is 4.79 Å². The molecule has 12 heteroatoms. The Kier molecular flexibility index (Phi) is 6.56. The zero-order valence-corrected chi connectivity index (χ0v) is 20.4. The second-order valence-electron chi connectivity index (χ2n) is 9.11. The summed E-state index contributed by atoms with van der Waals surface area (Å²) in [7, 11) is 0. The molecule has 2 fully saturated rings. The summed E-state index contributed by atoms with van der Waals surface area (Å²) in [5, 5.41) is 12.5. The SMILES string of the molecule is O=C(O)c1ccc(C2(NC(=O)c3cc(Cl)cnc3N3CC(Oc4cccc(OC(F)(F)F)c4)C3)CC2)cc1. The Labute approximate surface area is 219 Å². The summed E-state index contributed by atoms with van der Waals surface area (Å²) in [6.45, 7) is 0.697. The molecule has 198 valence electrons. The Morgan fingerprint density at radius 3 is 2.39 bits per heavy atom. The van der Waals surface area contributed by atoms with Crippen LogP contribution in [0.15, 0.2) is 60.8 Å². The Hall–Kier alpha value is -3.99. The molecule has 2 aliphatic rings. The number of nitrogens with one attached hydrogen (secondary N) is 1. The number of carboxylic acids is 1. The minimum absolute atomic E-state index is 0.159. The largest absolute Gasteiger partial charge is 0.573 e. The number of aromatic carboxylic acids is 1. The van der Waals surface area contributed by atoms with Crippen LogP contribution in [0.1, 0.15) is 39.1 Å². The summed E-state index contributed by atoms with van der Waals surface area (Å²) in [6.07, 6.45) is -2.32. The normalized spacial score (nSPS) is 16.4.